The van der Waals surface area contributed by atoms with Gasteiger partial charge in [-0.05, 0) is 44.9 Å². The average Bonchev–Trinajstić information content (AvgIpc) is 2.61. The molecule has 0 radical (unpaired) electrons. The molecule has 2 N–H and O–H groups in total. The summed E-state index contributed by atoms with van der Waals surface area (Å²) in [4.78, 5) is 18.0. The summed E-state index contributed by atoms with van der Waals surface area (Å²) in [7, 11) is 0. The van der Waals surface area contributed by atoms with Crippen LogP contribution in [0.25, 0.3) is 10.9 Å². The van der Waals surface area contributed by atoms with Gasteiger partial charge in [-0.1, -0.05) is 26.7 Å². The summed E-state index contributed by atoms with van der Waals surface area (Å²) in [6.07, 6.45) is 4.80. The molecule has 0 aliphatic heterocycles. The maximum Gasteiger partial charge on any atom is 0.198 e. The number of aryl methyl sites for hydroxylation is 1. The first kappa shape index (κ1) is 19.5. The Kier molecular flexibility index (Phi) is 7.51. The summed E-state index contributed by atoms with van der Waals surface area (Å²) in [5.74, 6) is 0.761. The molecule has 0 amide bonds. The number of aromatic amines is 1. The van der Waals surface area contributed by atoms with Gasteiger partial charge in [0, 0.05) is 16.6 Å². The number of quaternary nitrogens is 1. The molecule has 1 aromatic heterocycles. The summed E-state index contributed by atoms with van der Waals surface area (Å²) in [5, 5.41) is 0.733. The van der Waals surface area contributed by atoms with Crippen molar-refractivity contribution in [1.29, 1.82) is 0 Å². The van der Waals surface area contributed by atoms with Crippen molar-refractivity contribution in [3.05, 3.63) is 39.7 Å². The highest BCUT2D eigenvalue weighted by atomic mass is 16.5. The monoisotopic (exact) mass is 345 g/mol. The van der Waals surface area contributed by atoms with E-state index in [2.05, 4.69) is 18.8 Å². The standard InChI is InChI=1S/C21H32N2O2/c1-5-8-12-23(13-9-6-2)15-19-16(4)22-20-11-10-17(25-7-3)14-18(20)21(19)24/h10-11,14H,5-9,12-13,15H2,1-4H3,(H,22,24)/p+1. The average molecular weight is 346 g/mol. The van der Waals surface area contributed by atoms with E-state index in [-0.39, 0.29) is 5.43 Å². The Morgan fingerprint density at radius 3 is 2.36 bits per heavy atom. The number of ether oxygens (including phenoxy) is 1. The molecule has 2 aromatic rings. The fourth-order valence-corrected chi connectivity index (χ4v) is 3.31. The quantitative estimate of drug-likeness (QED) is 0.694. The van der Waals surface area contributed by atoms with E-state index < -0.39 is 0 Å². The summed E-state index contributed by atoms with van der Waals surface area (Å²) in [6, 6.07) is 5.73. The highest BCUT2D eigenvalue weighted by molar-refractivity contribution is 5.81. The van der Waals surface area contributed by atoms with E-state index in [1.165, 1.54) is 30.6 Å². The molecule has 0 saturated carbocycles. The van der Waals surface area contributed by atoms with Crippen molar-refractivity contribution in [2.24, 2.45) is 0 Å². The van der Waals surface area contributed by atoms with Crippen LogP contribution in [0.3, 0.4) is 0 Å². The van der Waals surface area contributed by atoms with E-state index in [0.717, 1.165) is 47.5 Å². The molecule has 1 aromatic carbocycles. The highest BCUT2D eigenvalue weighted by Gasteiger charge is 2.16. The van der Waals surface area contributed by atoms with Gasteiger partial charge >= 0.3 is 0 Å². The van der Waals surface area contributed by atoms with Crippen LogP contribution in [-0.2, 0) is 6.54 Å². The number of hydrogen-bond acceptors (Lipinski definition) is 2. The maximum atomic E-state index is 13.1. The van der Waals surface area contributed by atoms with Crippen LogP contribution in [0.15, 0.2) is 23.0 Å². The van der Waals surface area contributed by atoms with E-state index in [0.29, 0.717) is 6.61 Å². The van der Waals surface area contributed by atoms with E-state index in [9.17, 15) is 4.79 Å². The number of rotatable bonds is 10. The van der Waals surface area contributed by atoms with Crippen molar-refractivity contribution >= 4 is 10.9 Å². The van der Waals surface area contributed by atoms with Gasteiger partial charge in [0.15, 0.2) is 5.43 Å². The van der Waals surface area contributed by atoms with Crippen molar-refractivity contribution in [2.75, 3.05) is 19.7 Å². The number of benzene rings is 1. The summed E-state index contributed by atoms with van der Waals surface area (Å²) < 4.78 is 5.57. The van der Waals surface area contributed by atoms with Crippen molar-refractivity contribution in [1.82, 2.24) is 4.98 Å². The molecule has 1 heterocycles. The van der Waals surface area contributed by atoms with Crippen LogP contribution >= 0.6 is 0 Å². The van der Waals surface area contributed by atoms with Gasteiger partial charge in [-0.15, -0.1) is 0 Å². The molecule has 4 heteroatoms. The molecule has 0 saturated heterocycles. The molecular formula is C21H33N2O2+. The minimum absolute atomic E-state index is 0.151. The molecule has 4 nitrogen and oxygen atoms in total. The van der Waals surface area contributed by atoms with Gasteiger partial charge in [0.2, 0.25) is 0 Å². The molecule has 0 aliphatic carbocycles. The lowest BCUT2D eigenvalue weighted by molar-refractivity contribution is -0.914. The third kappa shape index (κ3) is 5.08. The second-order valence-electron chi connectivity index (χ2n) is 6.83. The Morgan fingerprint density at radius 2 is 1.76 bits per heavy atom. The first-order valence-electron chi connectivity index (χ1n) is 9.72. The molecular weight excluding hydrogens is 312 g/mol. The molecule has 2 rings (SSSR count). The number of hydrogen-bond donors (Lipinski definition) is 2. The van der Waals surface area contributed by atoms with Gasteiger partial charge in [-0.2, -0.15) is 0 Å². The van der Waals surface area contributed by atoms with Crippen LogP contribution in [-0.4, -0.2) is 24.7 Å². The molecule has 0 spiro atoms. The van der Waals surface area contributed by atoms with Gasteiger partial charge in [0.25, 0.3) is 0 Å². The first-order chi connectivity index (χ1) is 12.1. The van der Waals surface area contributed by atoms with Crippen LogP contribution < -0.4 is 15.1 Å². The Labute approximate surface area is 151 Å². The molecule has 25 heavy (non-hydrogen) atoms. The SMILES string of the molecule is CCCC[NH+](CCCC)Cc1c(C)[nH]c2ccc(OCC)cc2c1=O. The Balaban J connectivity index is 2.36. The van der Waals surface area contributed by atoms with Crippen LogP contribution in [0.1, 0.15) is 57.7 Å². The fraction of sp³-hybridized carbons (Fsp3) is 0.571. The minimum Gasteiger partial charge on any atom is -0.494 e. The zero-order chi connectivity index (χ0) is 18.2. The second-order valence-corrected chi connectivity index (χ2v) is 6.83. The summed E-state index contributed by atoms with van der Waals surface area (Å²) in [6.45, 7) is 12.1. The van der Waals surface area contributed by atoms with E-state index >= 15 is 0 Å². The van der Waals surface area contributed by atoms with Crippen molar-refractivity contribution in [2.45, 2.75) is 59.9 Å². The first-order valence-corrected chi connectivity index (χ1v) is 9.72. The molecule has 0 fully saturated rings. The van der Waals surface area contributed by atoms with E-state index in [1.54, 1.807) is 0 Å². The number of H-pyrrole nitrogens is 1. The van der Waals surface area contributed by atoms with Gasteiger partial charge in [0.05, 0.1) is 25.3 Å². The van der Waals surface area contributed by atoms with Gasteiger partial charge in [-0.25, -0.2) is 0 Å². The lowest BCUT2D eigenvalue weighted by atomic mass is 10.1. The predicted octanol–water partition coefficient (Wildman–Crippen LogP) is 3.22. The van der Waals surface area contributed by atoms with Gasteiger partial charge < -0.3 is 14.6 Å². The molecule has 138 valence electrons. The van der Waals surface area contributed by atoms with Gasteiger partial charge in [0.1, 0.15) is 12.3 Å². The lowest BCUT2D eigenvalue weighted by Crippen LogP contribution is -3.10. The number of fused-ring (bicyclic) bond motifs is 1. The van der Waals surface area contributed by atoms with Crippen LogP contribution in [0, 0.1) is 6.92 Å². The molecule has 0 atom stereocenters. The van der Waals surface area contributed by atoms with Crippen molar-refractivity contribution in [3.63, 3.8) is 0 Å². The van der Waals surface area contributed by atoms with E-state index in [1.807, 2.05) is 32.0 Å². The second kappa shape index (κ2) is 9.62. The van der Waals surface area contributed by atoms with Crippen molar-refractivity contribution < 1.29 is 9.64 Å². The van der Waals surface area contributed by atoms with Crippen LogP contribution in [0.4, 0.5) is 0 Å². The molecule has 0 unspecified atom stereocenters. The number of nitrogens with one attached hydrogen (secondary N) is 2. The highest BCUT2D eigenvalue weighted by Crippen LogP contribution is 2.18. The Hall–Kier alpha value is -1.81. The number of pyridine rings is 1. The number of aromatic nitrogens is 1. The minimum atomic E-state index is 0.151. The fourth-order valence-electron chi connectivity index (χ4n) is 3.31. The Bertz CT molecular complexity index is 728. The smallest absolute Gasteiger partial charge is 0.198 e. The topological polar surface area (TPSA) is 46.5 Å². The molecule has 0 aliphatic rings. The normalized spacial score (nSPS) is 11.4. The lowest BCUT2D eigenvalue weighted by Gasteiger charge is -2.20. The third-order valence-electron chi connectivity index (χ3n) is 4.79. The summed E-state index contributed by atoms with van der Waals surface area (Å²) >= 11 is 0. The largest absolute Gasteiger partial charge is 0.494 e. The van der Waals surface area contributed by atoms with Crippen molar-refractivity contribution in [3.8, 4) is 5.75 Å². The summed E-state index contributed by atoms with van der Waals surface area (Å²) in [5.41, 5.74) is 2.95. The number of unbranched alkanes of at least 4 members (excludes halogenated alkanes) is 2. The molecule has 0 bridgehead atoms. The zero-order valence-electron chi connectivity index (χ0n) is 16.2. The van der Waals surface area contributed by atoms with E-state index in [4.69, 9.17) is 4.74 Å². The van der Waals surface area contributed by atoms with Gasteiger partial charge in [-0.3, -0.25) is 4.79 Å². The zero-order valence-corrected chi connectivity index (χ0v) is 16.2. The predicted molar refractivity (Wildman–Crippen MR) is 105 cm³/mol. The Morgan fingerprint density at radius 1 is 1.08 bits per heavy atom. The van der Waals surface area contributed by atoms with Crippen LogP contribution in [0.5, 0.6) is 5.75 Å². The maximum absolute atomic E-state index is 13.1. The van der Waals surface area contributed by atoms with Crippen LogP contribution in [0.2, 0.25) is 0 Å². The third-order valence-corrected chi connectivity index (χ3v) is 4.79.